The first-order valence-electron chi connectivity index (χ1n) is 4.55. The summed E-state index contributed by atoms with van der Waals surface area (Å²) in [5.41, 5.74) is 0.733. The Morgan fingerprint density at radius 3 is 2.86 bits per heavy atom. The zero-order chi connectivity index (χ0) is 10.6. The second-order valence-electron chi connectivity index (χ2n) is 3.18. The van der Waals surface area contributed by atoms with E-state index in [1.807, 2.05) is 18.2 Å². The van der Waals surface area contributed by atoms with Gasteiger partial charge in [0, 0.05) is 4.88 Å². The molecule has 0 bridgehead atoms. The van der Waals surface area contributed by atoms with Crippen LogP contribution in [0.15, 0.2) is 18.2 Å². The van der Waals surface area contributed by atoms with Crippen LogP contribution < -0.4 is 0 Å². The number of hydrogen-bond acceptors (Lipinski definition) is 2. The van der Waals surface area contributed by atoms with Gasteiger partial charge in [0.25, 0.3) is 0 Å². The third-order valence-electron chi connectivity index (χ3n) is 2.05. The van der Waals surface area contributed by atoms with Crippen molar-refractivity contribution in [2.45, 2.75) is 20.3 Å². The molecule has 0 saturated heterocycles. The molecule has 3 heteroatoms. The molecule has 0 spiro atoms. The summed E-state index contributed by atoms with van der Waals surface area (Å²) in [5.74, 6) is 0.436. The van der Waals surface area contributed by atoms with Crippen molar-refractivity contribution in [3.63, 3.8) is 0 Å². The van der Waals surface area contributed by atoms with Gasteiger partial charge in [-0.25, -0.2) is 0 Å². The zero-order valence-corrected chi connectivity index (χ0v) is 9.82. The Morgan fingerprint density at radius 1 is 1.71 bits per heavy atom. The summed E-state index contributed by atoms with van der Waals surface area (Å²) < 4.78 is 0.727. The van der Waals surface area contributed by atoms with Gasteiger partial charge in [0.15, 0.2) is 0 Å². The molecule has 1 atom stereocenters. The van der Waals surface area contributed by atoms with Crippen LogP contribution in [-0.4, -0.2) is 0 Å². The van der Waals surface area contributed by atoms with Crippen molar-refractivity contribution in [3.8, 4) is 6.07 Å². The third-order valence-corrected chi connectivity index (χ3v) is 3.32. The lowest BCUT2D eigenvalue weighted by atomic mass is 10.1. The predicted molar refractivity (Wildman–Crippen MR) is 62.4 cm³/mol. The minimum atomic E-state index is 0.436. The van der Waals surface area contributed by atoms with Gasteiger partial charge >= 0.3 is 0 Å². The molecule has 1 heterocycles. The molecule has 1 unspecified atom stereocenters. The van der Waals surface area contributed by atoms with E-state index in [1.54, 1.807) is 0 Å². The Labute approximate surface area is 93.6 Å². The number of hydrogen-bond donors (Lipinski definition) is 0. The van der Waals surface area contributed by atoms with Crippen LogP contribution in [0.1, 0.15) is 25.1 Å². The van der Waals surface area contributed by atoms with Crippen LogP contribution in [0.25, 0.3) is 5.57 Å². The zero-order valence-electron chi connectivity index (χ0n) is 8.25. The van der Waals surface area contributed by atoms with E-state index in [4.69, 9.17) is 16.9 Å². The largest absolute Gasteiger partial charge is 0.192 e. The Morgan fingerprint density at radius 2 is 2.43 bits per heavy atom. The first-order valence-corrected chi connectivity index (χ1v) is 5.74. The van der Waals surface area contributed by atoms with E-state index in [1.165, 1.54) is 11.3 Å². The molecule has 0 amide bonds. The molecule has 0 saturated carbocycles. The molecule has 0 N–H and O–H groups in total. The topological polar surface area (TPSA) is 23.8 Å². The average molecular weight is 226 g/mol. The molecule has 1 rings (SSSR count). The first-order chi connectivity index (χ1) is 6.67. The molecule has 0 fully saturated rings. The van der Waals surface area contributed by atoms with Crippen molar-refractivity contribution >= 4 is 28.5 Å². The Bertz CT molecular complexity index is 373. The predicted octanol–water partition coefficient (Wildman–Crippen LogP) is 4.35. The fourth-order valence-electron chi connectivity index (χ4n) is 1.04. The molecular weight excluding hydrogens is 214 g/mol. The number of thiophene rings is 1. The van der Waals surface area contributed by atoms with Crippen LogP contribution >= 0.6 is 22.9 Å². The summed E-state index contributed by atoms with van der Waals surface area (Å²) in [5, 5.41) is 8.98. The van der Waals surface area contributed by atoms with Gasteiger partial charge in [0.2, 0.25) is 0 Å². The quantitative estimate of drug-likeness (QED) is 0.702. The Hall–Kier alpha value is -0.780. The standard InChI is InChI=1S/C11H12ClNS/c1-3-8(2)6-9(7-13)10-4-5-11(12)14-10/h4-6,8H,3H2,1-2H3/b9-6+. The van der Waals surface area contributed by atoms with Crippen molar-refractivity contribution in [1.29, 1.82) is 5.26 Å². The number of rotatable bonds is 3. The summed E-state index contributed by atoms with van der Waals surface area (Å²) in [4.78, 5) is 0.956. The second kappa shape index (κ2) is 5.19. The summed E-state index contributed by atoms with van der Waals surface area (Å²) in [6.07, 6.45) is 3.05. The van der Waals surface area contributed by atoms with Gasteiger partial charge < -0.3 is 0 Å². The van der Waals surface area contributed by atoms with E-state index in [0.717, 1.165) is 21.2 Å². The van der Waals surface area contributed by atoms with Crippen LogP contribution in [0.2, 0.25) is 4.34 Å². The Balaban J connectivity index is 2.94. The third kappa shape index (κ3) is 2.87. The smallest absolute Gasteiger partial charge is 0.100 e. The van der Waals surface area contributed by atoms with Crippen LogP contribution in [0.3, 0.4) is 0 Å². The van der Waals surface area contributed by atoms with Gasteiger partial charge in [-0.3, -0.25) is 0 Å². The van der Waals surface area contributed by atoms with E-state index in [0.29, 0.717) is 5.92 Å². The van der Waals surface area contributed by atoms with Crippen molar-refractivity contribution < 1.29 is 0 Å². The maximum Gasteiger partial charge on any atom is 0.100 e. The molecule has 74 valence electrons. The van der Waals surface area contributed by atoms with Gasteiger partial charge in [0.1, 0.15) is 6.07 Å². The SMILES string of the molecule is CCC(C)/C=C(\C#N)c1ccc(Cl)s1. The molecule has 0 aromatic carbocycles. The minimum Gasteiger partial charge on any atom is -0.192 e. The lowest BCUT2D eigenvalue weighted by Gasteiger charge is -2.01. The molecule has 0 aliphatic rings. The van der Waals surface area contributed by atoms with E-state index in [9.17, 15) is 0 Å². The van der Waals surface area contributed by atoms with Crippen molar-refractivity contribution in [3.05, 3.63) is 27.4 Å². The van der Waals surface area contributed by atoms with Crippen molar-refractivity contribution in [2.24, 2.45) is 5.92 Å². The minimum absolute atomic E-state index is 0.436. The number of nitrogens with zero attached hydrogens (tertiary/aromatic N) is 1. The van der Waals surface area contributed by atoms with Crippen molar-refractivity contribution in [1.82, 2.24) is 0 Å². The van der Waals surface area contributed by atoms with Crippen LogP contribution in [0.5, 0.6) is 0 Å². The highest BCUT2D eigenvalue weighted by molar-refractivity contribution is 7.17. The Kier molecular flexibility index (Phi) is 4.19. The van der Waals surface area contributed by atoms with E-state index in [-0.39, 0.29) is 0 Å². The molecule has 1 aromatic heterocycles. The van der Waals surface area contributed by atoms with Gasteiger partial charge in [-0.2, -0.15) is 5.26 Å². The molecule has 14 heavy (non-hydrogen) atoms. The van der Waals surface area contributed by atoms with Crippen LogP contribution in [0.4, 0.5) is 0 Å². The highest BCUT2D eigenvalue weighted by Gasteiger charge is 2.05. The maximum absolute atomic E-state index is 8.98. The molecular formula is C11H12ClNS. The maximum atomic E-state index is 8.98. The van der Waals surface area contributed by atoms with Gasteiger partial charge in [-0.05, 0) is 18.1 Å². The molecule has 0 aliphatic heterocycles. The van der Waals surface area contributed by atoms with E-state index >= 15 is 0 Å². The van der Waals surface area contributed by atoms with Crippen LogP contribution in [0, 0.1) is 17.2 Å². The van der Waals surface area contributed by atoms with Gasteiger partial charge in [-0.15, -0.1) is 11.3 Å². The van der Waals surface area contributed by atoms with E-state index in [2.05, 4.69) is 19.9 Å². The number of allylic oxidation sites excluding steroid dienone is 2. The summed E-state index contributed by atoms with van der Waals surface area (Å²) in [6.45, 7) is 4.21. The number of nitriles is 1. The molecule has 0 aliphatic carbocycles. The lowest BCUT2D eigenvalue weighted by Crippen LogP contribution is -1.87. The highest BCUT2D eigenvalue weighted by Crippen LogP contribution is 2.28. The second-order valence-corrected chi connectivity index (χ2v) is 4.90. The van der Waals surface area contributed by atoms with E-state index < -0.39 is 0 Å². The van der Waals surface area contributed by atoms with Gasteiger partial charge in [0.05, 0.1) is 9.91 Å². The molecule has 0 radical (unpaired) electrons. The summed E-state index contributed by atoms with van der Waals surface area (Å²) in [7, 11) is 0. The summed E-state index contributed by atoms with van der Waals surface area (Å²) >= 11 is 7.26. The number of halogens is 1. The van der Waals surface area contributed by atoms with Crippen molar-refractivity contribution in [2.75, 3.05) is 0 Å². The average Bonchev–Trinajstić information content (AvgIpc) is 2.60. The molecule has 1 aromatic rings. The van der Waals surface area contributed by atoms with Gasteiger partial charge in [-0.1, -0.05) is 37.9 Å². The highest BCUT2D eigenvalue weighted by atomic mass is 35.5. The van der Waals surface area contributed by atoms with Crippen LogP contribution in [-0.2, 0) is 0 Å². The fourth-order valence-corrected chi connectivity index (χ4v) is 2.05. The monoisotopic (exact) mass is 225 g/mol. The normalized spacial score (nSPS) is 13.7. The summed E-state index contributed by atoms with van der Waals surface area (Å²) in [6, 6.07) is 5.93. The lowest BCUT2D eigenvalue weighted by molar-refractivity contribution is 0.700. The first kappa shape index (κ1) is 11.3. The fraction of sp³-hybridized carbons (Fsp3) is 0.364. The molecule has 1 nitrogen and oxygen atoms in total.